The Balaban J connectivity index is 1.49. The zero-order valence-corrected chi connectivity index (χ0v) is 19.3. The summed E-state index contributed by atoms with van der Waals surface area (Å²) in [5.41, 5.74) is 4.23. The van der Waals surface area contributed by atoms with Crippen molar-refractivity contribution in [3.63, 3.8) is 0 Å². The quantitative estimate of drug-likeness (QED) is 0.599. The molecule has 0 bridgehead atoms. The van der Waals surface area contributed by atoms with E-state index in [0.717, 1.165) is 43.3 Å². The number of rotatable bonds is 5. The van der Waals surface area contributed by atoms with Gasteiger partial charge in [-0.3, -0.25) is 0 Å². The molecule has 6 nitrogen and oxygen atoms in total. The van der Waals surface area contributed by atoms with Crippen LogP contribution in [0.1, 0.15) is 29.6 Å². The number of hydrogen-bond donors (Lipinski definition) is 1. The first-order chi connectivity index (χ1) is 15.5. The van der Waals surface area contributed by atoms with Gasteiger partial charge in [0.05, 0.1) is 0 Å². The smallest absolute Gasteiger partial charge is 0.321 e. The van der Waals surface area contributed by atoms with E-state index >= 15 is 0 Å². The van der Waals surface area contributed by atoms with Crippen molar-refractivity contribution < 1.29 is 4.79 Å². The summed E-state index contributed by atoms with van der Waals surface area (Å²) in [6.07, 6.45) is 1.66. The molecule has 32 heavy (non-hydrogen) atoms. The molecule has 1 N–H and O–H groups in total. The maximum absolute atomic E-state index is 12.7. The molecule has 1 fully saturated rings. The van der Waals surface area contributed by atoms with E-state index in [1.807, 2.05) is 30.0 Å². The minimum Gasteiger partial charge on any atom is -0.353 e. The lowest BCUT2D eigenvalue weighted by Gasteiger charge is -2.36. The molecule has 0 radical (unpaired) electrons. The molecule has 0 aliphatic carbocycles. The van der Waals surface area contributed by atoms with Crippen LogP contribution in [0.25, 0.3) is 0 Å². The number of hydrogen-bond acceptors (Lipinski definition) is 4. The number of anilines is 2. The van der Waals surface area contributed by atoms with E-state index in [-0.39, 0.29) is 6.03 Å². The van der Waals surface area contributed by atoms with E-state index in [9.17, 15) is 4.79 Å². The van der Waals surface area contributed by atoms with Gasteiger partial charge >= 0.3 is 6.03 Å². The van der Waals surface area contributed by atoms with E-state index < -0.39 is 0 Å². The van der Waals surface area contributed by atoms with Crippen molar-refractivity contribution in [1.29, 1.82) is 0 Å². The average molecular weight is 450 g/mol. The van der Waals surface area contributed by atoms with Crippen molar-refractivity contribution in [1.82, 2.24) is 14.9 Å². The molecule has 2 heterocycles. The number of aryl methyl sites for hydroxylation is 2. The largest absolute Gasteiger partial charge is 0.353 e. The van der Waals surface area contributed by atoms with Gasteiger partial charge in [-0.2, -0.15) is 0 Å². The van der Waals surface area contributed by atoms with Gasteiger partial charge in [0.1, 0.15) is 11.6 Å². The molecule has 3 aromatic rings. The molecule has 0 spiro atoms. The Morgan fingerprint density at radius 2 is 1.78 bits per heavy atom. The van der Waals surface area contributed by atoms with E-state index in [0.29, 0.717) is 23.8 Å². The number of amides is 2. The van der Waals surface area contributed by atoms with Gasteiger partial charge < -0.3 is 15.1 Å². The van der Waals surface area contributed by atoms with Crippen LogP contribution in [0, 0.1) is 6.92 Å². The van der Waals surface area contributed by atoms with Crippen LogP contribution < -0.4 is 10.2 Å². The third-order valence-corrected chi connectivity index (χ3v) is 5.92. The summed E-state index contributed by atoms with van der Waals surface area (Å²) in [7, 11) is 0. The minimum absolute atomic E-state index is 0.107. The molecule has 1 aliphatic heterocycles. The number of nitrogens with zero attached hydrogens (tertiary/aromatic N) is 4. The molecular weight excluding hydrogens is 422 g/mol. The van der Waals surface area contributed by atoms with Gasteiger partial charge in [0.2, 0.25) is 0 Å². The third-order valence-electron chi connectivity index (χ3n) is 5.68. The fourth-order valence-corrected chi connectivity index (χ4v) is 4.25. The van der Waals surface area contributed by atoms with E-state index in [1.165, 1.54) is 11.1 Å². The van der Waals surface area contributed by atoms with E-state index in [2.05, 4.69) is 41.4 Å². The highest BCUT2D eigenvalue weighted by Gasteiger charge is 2.25. The van der Waals surface area contributed by atoms with Crippen LogP contribution in [-0.2, 0) is 12.8 Å². The maximum atomic E-state index is 12.7. The van der Waals surface area contributed by atoms with Crippen LogP contribution in [0.5, 0.6) is 0 Å². The molecule has 1 aromatic heterocycles. The first-order valence-electron chi connectivity index (χ1n) is 11.0. The highest BCUT2D eigenvalue weighted by atomic mass is 35.5. The van der Waals surface area contributed by atoms with Gasteiger partial charge in [0.25, 0.3) is 0 Å². The Morgan fingerprint density at radius 1 is 1.03 bits per heavy atom. The molecular formula is C25H28ClN5O. The Labute approximate surface area is 194 Å². The second-order valence-corrected chi connectivity index (χ2v) is 8.39. The number of halogens is 1. The zero-order valence-electron chi connectivity index (χ0n) is 18.5. The van der Waals surface area contributed by atoms with Gasteiger partial charge in [-0.15, -0.1) is 0 Å². The number of carbonyl (C=O) groups excluding carboxylic acids is 1. The SMILES string of the molecule is CCc1nc(C)nc(N2CCN(C(=O)Nc3cccc(Cl)c3)CC2)c1Cc1ccccc1. The summed E-state index contributed by atoms with van der Waals surface area (Å²) in [5, 5.41) is 3.54. The number of nitrogens with one attached hydrogen (secondary N) is 1. The van der Waals surface area contributed by atoms with Crippen molar-refractivity contribution in [2.24, 2.45) is 0 Å². The van der Waals surface area contributed by atoms with Gasteiger partial charge in [-0.1, -0.05) is 54.9 Å². The Hall–Kier alpha value is -3.12. The van der Waals surface area contributed by atoms with Crippen molar-refractivity contribution in [3.05, 3.63) is 82.3 Å². The first kappa shape index (κ1) is 22.1. The summed E-state index contributed by atoms with van der Waals surface area (Å²) in [6, 6.07) is 17.5. The Kier molecular flexibility index (Phi) is 6.90. The maximum Gasteiger partial charge on any atom is 0.321 e. The van der Waals surface area contributed by atoms with E-state index in [1.54, 1.807) is 12.1 Å². The summed E-state index contributed by atoms with van der Waals surface area (Å²) < 4.78 is 0. The number of aromatic nitrogens is 2. The fourth-order valence-electron chi connectivity index (χ4n) is 4.06. The second-order valence-electron chi connectivity index (χ2n) is 7.95. The van der Waals surface area contributed by atoms with Gasteiger partial charge in [0, 0.05) is 54.6 Å². The lowest BCUT2D eigenvalue weighted by molar-refractivity contribution is 0.208. The highest BCUT2D eigenvalue weighted by molar-refractivity contribution is 6.30. The van der Waals surface area contributed by atoms with E-state index in [4.69, 9.17) is 21.6 Å². The summed E-state index contributed by atoms with van der Waals surface area (Å²) in [5.74, 6) is 1.78. The van der Waals surface area contributed by atoms with Gasteiger partial charge in [-0.25, -0.2) is 14.8 Å². The van der Waals surface area contributed by atoms with Crippen LogP contribution in [0.3, 0.4) is 0 Å². The number of carbonyl (C=O) groups is 1. The monoisotopic (exact) mass is 449 g/mol. The Bertz CT molecular complexity index is 1080. The number of urea groups is 1. The molecule has 0 atom stereocenters. The third kappa shape index (κ3) is 5.19. The molecule has 0 saturated carbocycles. The van der Waals surface area contributed by atoms with Crippen LogP contribution in [0.15, 0.2) is 54.6 Å². The van der Waals surface area contributed by atoms with Crippen LogP contribution in [0.4, 0.5) is 16.3 Å². The first-order valence-corrected chi connectivity index (χ1v) is 11.4. The Morgan fingerprint density at radius 3 is 2.47 bits per heavy atom. The zero-order chi connectivity index (χ0) is 22.5. The van der Waals surface area contributed by atoms with Crippen molar-refractivity contribution in [2.75, 3.05) is 36.4 Å². The minimum atomic E-state index is -0.107. The van der Waals surface area contributed by atoms with Gasteiger partial charge in [-0.05, 0) is 37.1 Å². The number of piperazine rings is 1. The average Bonchev–Trinajstić information content (AvgIpc) is 2.80. The van der Waals surface area contributed by atoms with Crippen LogP contribution in [-0.4, -0.2) is 47.1 Å². The van der Waals surface area contributed by atoms with Crippen molar-refractivity contribution >= 4 is 29.1 Å². The molecule has 0 unspecified atom stereocenters. The molecule has 4 rings (SSSR count). The second kappa shape index (κ2) is 10.0. The molecule has 1 aliphatic rings. The topological polar surface area (TPSA) is 61.4 Å². The predicted molar refractivity (Wildman–Crippen MR) is 130 cm³/mol. The molecule has 2 aromatic carbocycles. The van der Waals surface area contributed by atoms with Crippen LogP contribution in [0.2, 0.25) is 5.02 Å². The summed E-state index contributed by atoms with van der Waals surface area (Å²) >= 11 is 6.03. The lowest BCUT2D eigenvalue weighted by atomic mass is 10.0. The van der Waals surface area contributed by atoms with Crippen molar-refractivity contribution in [2.45, 2.75) is 26.7 Å². The number of benzene rings is 2. The normalized spacial score (nSPS) is 13.8. The van der Waals surface area contributed by atoms with Crippen molar-refractivity contribution in [3.8, 4) is 0 Å². The van der Waals surface area contributed by atoms with Crippen LogP contribution >= 0.6 is 11.6 Å². The summed E-state index contributed by atoms with van der Waals surface area (Å²) in [6.45, 7) is 6.79. The molecule has 2 amide bonds. The molecule has 7 heteroatoms. The fraction of sp³-hybridized carbons (Fsp3) is 0.320. The standard InChI is InChI=1S/C25H28ClN5O/c1-3-23-22(16-19-8-5-4-6-9-19)24(28-18(2)27-23)30-12-14-31(15-13-30)25(32)29-21-11-7-10-20(26)17-21/h4-11,17H,3,12-16H2,1-2H3,(H,29,32). The molecule has 166 valence electrons. The summed E-state index contributed by atoms with van der Waals surface area (Å²) in [4.78, 5) is 26.4. The van der Waals surface area contributed by atoms with Gasteiger partial charge in [0.15, 0.2) is 0 Å². The predicted octanol–water partition coefficient (Wildman–Crippen LogP) is 4.95. The molecule has 1 saturated heterocycles. The highest BCUT2D eigenvalue weighted by Crippen LogP contribution is 2.26. The lowest BCUT2D eigenvalue weighted by Crippen LogP contribution is -2.50.